The smallest absolute Gasteiger partial charge is 0.277 e. The fourth-order valence-electron chi connectivity index (χ4n) is 4.49. The number of amides is 1. The van der Waals surface area contributed by atoms with Gasteiger partial charge in [0.25, 0.3) is 5.91 Å². The molecule has 3 heterocycles. The number of hydrogen-bond acceptors (Lipinski definition) is 4. The Morgan fingerprint density at radius 3 is 2.71 bits per heavy atom. The van der Waals surface area contributed by atoms with Crippen molar-refractivity contribution in [1.82, 2.24) is 9.58 Å². The van der Waals surface area contributed by atoms with Crippen LogP contribution in [0.25, 0.3) is 0 Å². The van der Waals surface area contributed by atoms with Crippen LogP contribution in [-0.4, -0.2) is 33.8 Å². The Labute approximate surface area is 168 Å². The molecule has 0 radical (unpaired) electrons. The predicted molar refractivity (Wildman–Crippen MR) is 108 cm³/mol. The highest BCUT2D eigenvalue weighted by molar-refractivity contribution is 6.31. The molecule has 146 valence electrons. The largest absolute Gasteiger partial charge is 0.502 e. The third kappa shape index (κ3) is 2.71. The summed E-state index contributed by atoms with van der Waals surface area (Å²) in [4.78, 5) is 26.5. The number of pyridine rings is 1. The number of allylic oxidation sites excluding steroid dienone is 1. The van der Waals surface area contributed by atoms with Crippen molar-refractivity contribution in [2.45, 2.75) is 31.5 Å². The first-order chi connectivity index (χ1) is 13.5. The number of fused-ring (bicyclic) bond motifs is 3. The van der Waals surface area contributed by atoms with E-state index in [-0.39, 0.29) is 29.7 Å². The van der Waals surface area contributed by atoms with E-state index in [1.165, 1.54) is 6.07 Å². The SMILES string of the molecule is C=CCC1CCC2N(C)C(=O)c3c(O)c(=O)ccn3N2C1c1ccccc1Cl. The van der Waals surface area contributed by atoms with Gasteiger partial charge in [0, 0.05) is 24.3 Å². The standard InChI is InChI=1S/C21H22ClN3O3/c1-3-6-13-9-10-17-23(2)21(28)19-20(27)16(26)11-12-24(19)25(17)18(13)14-7-4-5-8-15(14)22/h3-5,7-8,11-13,17-18,27H,1,6,9-10H2,2H3. The fraction of sp³-hybridized carbons (Fsp3) is 0.333. The van der Waals surface area contributed by atoms with Crippen LogP contribution in [0.3, 0.4) is 0 Å². The molecule has 7 heteroatoms. The average molecular weight is 400 g/mol. The second kappa shape index (κ2) is 7.02. The topological polar surface area (TPSA) is 65.8 Å². The first-order valence-electron chi connectivity index (χ1n) is 9.31. The third-order valence-electron chi connectivity index (χ3n) is 5.80. The second-order valence-corrected chi connectivity index (χ2v) is 7.73. The van der Waals surface area contributed by atoms with Gasteiger partial charge in [-0.3, -0.25) is 19.3 Å². The minimum atomic E-state index is -0.569. The van der Waals surface area contributed by atoms with Crippen LogP contribution in [0.1, 0.15) is 41.4 Å². The number of hydrogen-bond donors (Lipinski definition) is 1. The molecule has 3 atom stereocenters. The van der Waals surface area contributed by atoms with Gasteiger partial charge in [0.1, 0.15) is 6.17 Å². The summed E-state index contributed by atoms with van der Waals surface area (Å²) in [5, 5.41) is 13.1. The molecular weight excluding hydrogens is 378 g/mol. The van der Waals surface area contributed by atoms with Crippen molar-refractivity contribution in [3.8, 4) is 5.75 Å². The normalized spacial score (nSPS) is 23.9. The van der Waals surface area contributed by atoms with Crippen LogP contribution in [-0.2, 0) is 0 Å². The monoisotopic (exact) mass is 399 g/mol. The fourth-order valence-corrected chi connectivity index (χ4v) is 4.73. The van der Waals surface area contributed by atoms with E-state index >= 15 is 0 Å². The number of piperidine rings is 1. The maximum absolute atomic E-state index is 12.9. The molecule has 2 aliphatic heterocycles. The van der Waals surface area contributed by atoms with E-state index in [1.807, 2.05) is 30.3 Å². The molecule has 2 aromatic rings. The van der Waals surface area contributed by atoms with Crippen molar-refractivity contribution in [3.05, 3.63) is 75.7 Å². The van der Waals surface area contributed by atoms with E-state index in [0.717, 1.165) is 24.8 Å². The van der Waals surface area contributed by atoms with Gasteiger partial charge in [-0.15, -0.1) is 6.58 Å². The van der Waals surface area contributed by atoms with Crippen molar-refractivity contribution in [2.75, 3.05) is 12.1 Å². The number of aromatic nitrogens is 1. The molecule has 0 bridgehead atoms. The molecule has 1 saturated heterocycles. The zero-order valence-corrected chi connectivity index (χ0v) is 16.3. The zero-order chi connectivity index (χ0) is 20.0. The quantitative estimate of drug-likeness (QED) is 0.804. The maximum atomic E-state index is 12.9. The van der Waals surface area contributed by atoms with Crippen molar-refractivity contribution < 1.29 is 9.90 Å². The summed E-state index contributed by atoms with van der Waals surface area (Å²) in [6.45, 7) is 3.90. The molecule has 2 aliphatic rings. The lowest BCUT2D eigenvalue weighted by atomic mass is 9.81. The molecule has 0 saturated carbocycles. The number of halogens is 1. The summed E-state index contributed by atoms with van der Waals surface area (Å²) in [6.07, 6.45) is 5.73. The van der Waals surface area contributed by atoms with E-state index in [4.69, 9.17) is 11.6 Å². The number of aromatic hydroxyl groups is 1. The van der Waals surface area contributed by atoms with Crippen molar-refractivity contribution >= 4 is 17.5 Å². The van der Waals surface area contributed by atoms with Gasteiger partial charge in [-0.05, 0) is 36.8 Å². The van der Waals surface area contributed by atoms with E-state index in [1.54, 1.807) is 22.8 Å². The van der Waals surface area contributed by atoms with Gasteiger partial charge >= 0.3 is 0 Å². The predicted octanol–water partition coefficient (Wildman–Crippen LogP) is 3.28. The van der Waals surface area contributed by atoms with Crippen molar-refractivity contribution in [3.63, 3.8) is 0 Å². The van der Waals surface area contributed by atoms with E-state index in [2.05, 4.69) is 11.6 Å². The Kier molecular flexibility index (Phi) is 4.67. The molecular formula is C21H22ClN3O3. The summed E-state index contributed by atoms with van der Waals surface area (Å²) in [7, 11) is 1.71. The Morgan fingerprint density at radius 1 is 1.25 bits per heavy atom. The lowest BCUT2D eigenvalue weighted by molar-refractivity contribution is 0.0495. The number of nitrogens with zero attached hydrogens (tertiary/aromatic N) is 3. The molecule has 1 aromatic carbocycles. The minimum absolute atomic E-state index is 0.0115. The van der Waals surface area contributed by atoms with Gasteiger partial charge in [-0.1, -0.05) is 35.9 Å². The highest BCUT2D eigenvalue weighted by atomic mass is 35.5. The molecule has 4 rings (SSSR count). The summed E-state index contributed by atoms with van der Waals surface area (Å²) >= 11 is 6.56. The van der Waals surface area contributed by atoms with Crippen LogP contribution in [0, 0.1) is 5.92 Å². The number of carbonyl (C=O) groups excluding carboxylic acids is 1. The molecule has 3 unspecified atom stereocenters. The van der Waals surface area contributed by atoms with E-state index in [9.17, 15) is 14.7 Å². The highest BCUT2D eigenvalue weighted by Gasteiger charge is 2.46. The maximum Gasteiger partial charge on any atom is 0.277 e. The highest BCUT2D eigenvalue weighted by Crippen LogP contribution is 2.44. The first-order valence-corrected chi connectivity index (χ1v) is 9.69. The first kappa shape index (κ1) is 18.6. The van der Waals surface area contributed by atoms with Gasteiger partial charge in [-0.2, -0.15) is 0 Å². The number of rotatable bonds is 3. The van der Waals surface area contributed by atoms with Gasteiger partial charge in [0.15, 0.2) is 11.4 Å². The Balaban J connectivity index is 1.96. The summed E-state index contributed by atoms with van der Waals surface area (Å²) < 4.78 is 1.63. The van der Waals surface area contributed by atoms with Gasteiger partial charge < -0.3 is 10.0 Å². The number of carbonyl (C=O) groups is 1. The second-order valence-electron chi connectivity index (χ2n) is 7.33. The lowest BCUT2D eigenvalue weighted by Crippen LogP contribution is -2.64. The zero-order valence-electron chi connectivity index (χ0n) is 15.6. The Morgan fingerprint density at radius 2 is 2.00 bits per heavy atom. The van der Waals surface area contributed by atoms with Crippen LogP contribution in [0.15, 0.2) is 54.0 Å². The average Bonchev–Trinajstić information content (AvgIpc) is 2.69. The van der Waals surface area contributed by atoms with Crippen molar-refractivity contribution in [1.29, 1.82) is 0 Å². The molecule has 6 nitrogen and oxygen atoms in total. The van der Waals surface area contributed by atoms with Gasteiger partial charge in [0.2, 0.25) is 5.43 Å². The summed E-state index contributed by atoms with van der Waals surface area (Å²) in [6, 6.07) is 8.82. The molecule has 0 aliphatic carbocycles. The van der Waals surface area contributed by atoms with E-state index < -0.39 is 11.2 Å². The Hall–Kier alpha value is -2.73. The molecule has 1 fully saturated rings. The van der Waals surface area contributed by atoms with Crippen molar-refractivity contribution in [2.24, 2.45) is 5.92 Å². The molecule has 28 heavy (non-hydrogen) atoms. The third-order valence-corrected chi connectivity index (χ3v) is 6.14. The molecule has 1 amide bonds. The summed E-state index contributed by atoms with van der Waals surface area (Å²) in [5.74, 6) is -0.664. The number of benzene rings is 1. The lowest BCUT2D eigenvalue weighted by Gasteiger charge is -2.54. The minimum Gasteiger partial charge on any atom is -0.502 e. The van der Waals surface area contributed by atoms with Crippen LogP contribution in [0.5, 0.6) is 5.75 Å². The molecule has 0 spiro atoms. The van der Waals surface area contributed by atoms with Crippen LogP contribution < -0.4 is 10.4 Å². The molecule has 1 aromatic heterocycles. The van der Waals surface area contributed by atoms with Gasteiger partial charge in [-0.25, -0.2) is 0 Å². The molecule has 1 N–H and O–H groups in total. The van der Waals surface area contributed by atoms with Crippen LogP contribution >= 0.6 is 11.6 Å². The van der Waals surface area contributed by atoms with Gasteiger partial charge in [0.05, 0.1) is 6.04 Å². The van der Waals surface area contributed by atoms with Crippen LogP contribution in [0.2, 0.25) is 5.02 Å². The van der Waals surface area contributed by atoms with Crippen LogP contribution in [0.4, 0.5) is 0 Å². The Bertz CT molecular complexity index is 1000. The summed E-state index contributed by atoms with van der Waals surface area (Å²) in [5.41, 5.74) is 0.371. The van der Waals surface area contributed by atoms with E-state index in [0.29, 0.717) is 5.02 Å².